The molecule has 1 aromatic rings. The summed E-state index contributed by atoms with van der Waals surface area (Å²) >= 11 is 0. The van der Waals surface area contributed by atoms with Crippen LogP contribution in [0.4, 0.5) is 4.79 Å². The maximum atomic E-state index is 12.0. The highest BCUT2D eigenvalue weighted by atomic mass is 16.9. The molecule has 116 valence electrons. The Hall–Kier alpha value is -2.45. The van der Waals surface area contributed by atoms with Crippen LogP contribution in [0.25, 0.3) is 0 Å². The summed E-state index contributed by atoms with van der Waals surface area (Å²) in [5.41, 5.74) is 0.846. The topological polar surface area (TPSA) is 105 Å². The Morgan fingerprint density at radius 3 is 2.64 bits per heavy atom. The molecule has 2 aliphatic heterocycles. The zero-order valence-electron chi connectivity index (χ0n) is 11.6. The van der Waals surface area contributed by atoms with Crippen molar-refractivity contribution in [2.24, 2.45) is 11.8 Å². The molecule has 2 saturated heterocycles. The first-order valence-corrected chi connectivity index (χ1v) is 6.82. The molecule has 3 unspecified atom stereocenters. The van der Waals surface area contributed by atoms with E-state index >= 15 is 0 Å². The average Bonchev–Trinajstić information content (AvgIpc) is 2.74. The van der Waals surface area contributed by atoms with Crippen molar-refractivity contribution in [2.45, 2.75) is 25.6 Å². The van der Waals surface area contributed by atoms with Crippen LogP contribution in [-0.2, 0) is 30.5 Å². The number of hydrogen-bond donors (Lipinski definition) is 1. The second kappa shape index (κ2) is 5.39. The van der Waals surface area contributed by atoms with Crippen LogP contribution < -0.4 is 5.90 Å². The van der Waals surface area contributed by atoms with Gasteiger partial charge in [0.2, 0.25) is 0 Å². The lowest BCUT2D eigenvalue weighted by Crippen LogP contribution is -2.67. The van der Waals surface area contributed by atoms with E-state index in [0.29, 0.717) is 0 Å². The predicted octanol–water partition coefficient (Wildman–Crippen LogP) is 0.765. The Morgan fingerprint density at radius 1 is 1.27 bits per heavy atom. The number of fused-ring (bicyclic) bond motifs is 1. The predicted molar refractivity (Wildman–Crippen MR) is 69.8 cm³/mol. The molecule has 0 radical (unpaired) electrons. The molecular weight excluding hydrogens is 292 g/mol. The molecule has 3 atom stereocenters. The number of carbonyl (C=O) groups excluding carboxylic acids is 3. The van der Waals surface area contributed by atoms with E-state index in [4.69, 9.17) is 15.5 Å². The van der Waals surface area contributed by atoms with E-state index in [1.807, 2.05) is 30.3 Å². The summed E-state index contributed by atoms with van der Waals surface area (Å²) in [6, 6.07) is 9.19. The first kappa shape index (κ1) is 14.5. The third kappa shape index (κ3) is 2.22. The Morgan fingerprint density at radius 2 is 2.00 bits per heavy atom. The first-order chi connectivity index (χ1) is 10.6. The van der Waals surface area contributed by atoms with Gasteiger partial charge in [-0.2, -0.15) is 10.7 Å². The van der Waals surface area contributed by atoms with Crippen LogP contribution in [0.1, 0.15) is 18.4 Å². The zero-order chi connectivity index (χ0) is 15.7. The molecule has 8 heteroatoms. The van der Waals surface area contributed by atoms with E-state index in [2.05, 4.69) is 4.84 Å². The summed E-state index contributed by atoms with van der Waals surface area (Å²) in [7, 11) is 0. The summed E-state index contributed by atoms with van der Waals surface area (Å²) in [4.78, 5) is 44.4. The van der Waals surface area contributed by atoms with E-state index in [1.165, 1.54) is 0 Å². The molecule has 2 fully saturated rings. The summed E-state index contributed by atoms with van der Waals surface area (Å²) in [5, 5.41) is 0. The minimum atomic E-state index is -0.731. The Balaban J connectivity index is 1.75. The highest BCUT2D eigenvalue weighted by molar-refractivity contribution is 5.79. The van der Waals surface area contributed by atoms with Crippen LogP contribution in [0.2, 0.25) is 0 Å². The molecule has 8 nitrogen and oxygen atoms in total. The Bertz CT molecular complexity index is 619. The van der Waals surface area contributed by atoms with Gasteiger partial charge in [0.15, 0.2) is 12.5 Å². The van der Waals surface area contributed by atoms with E-state index in [9.17, 15) is 14.4 Å². The molecule has 0 spiro atoms. The van der Waals surface area contributed by atoms with Gasteiger partial charge >= 0.3 is 24.3 Å². The van der Waals surface area contributed by atoms with Gasteiger partial charge in [-0.3, -0.25) is 9.63 Å². The molecule has 0 bridgehead atoms. The van der Waals surface area contributed by atoms with Gasteiger partial charge in [0.1, 0.15) is 0 Å². The van der Waals surface area contributed by atoms with E-state index in [0.717, 1.165) is 5.56 Å². The number of carbonyl (C=O) groups is 3. The fourth-order valence-corrected chi connectivity index (χ4v) is 2.77. The lowest BCUT2D eigenvalue weighted by atomic mass is 10.00. The smallest absolute Gasteiger partial charge is 0.373 e. The third-order valence-corrected chi connectivity index (χ3v) is 3.89. The molecule has 2 aliphatic rings. The number of amides is 1. The van der Waals surface area contributed by atoms with Crippen LogP contribution in [0.3, 0.4) is 0 Å². The van der Waals surface area contributed by atoms with Crippen molar-refractivity contribution >= 4 is 18.0 Å². The van der Waals surface area contributed by atoms with Crippen molar-refractivity contribution in [3.05, 3.63) is 35.9 Å². The van der Waals surface area contributed by atoms with Gasteiger partial charge in [0, 0.05) is 16.6 Å². The number of nitrogens with two attached hydrogens (primary N) is 1. The number of hydrogen-bond acceptors (Lipinski definition) is 7. The minimum Gasteiger partial charge on any atom is -0.373 e. The van der Waals surface area contributed by atoms with Crippen LogP contribution in [0.15, 0.2) is 30.3 Å². The maximum absolute atomic E-state index is 12.0. The van der Waals surface area contributed by atoms with Gasteiger partial charge in [0.25, 0.3) is 0 Å². The largest absolute Gasteiger partial charge is 0.567 e. The lowest BCUT2D eigenvalue weighted by Gasteiger charge is -2.38. The number of rotatable bonds is 5. The van der Waals surface area contributed by atoms with Crippen LogP contribution in [0.5, 0.6) is 0 Å². The van der Waals surface area contributed by atoms with E-state index in [-0.39, 0.29) is 19.4 Å². The van der Waals surface area contributed by atoms with Gasteiger partial charge < -0.3 is 9.57 Å². The van der Waals surface area contributed by atoms with Crippen molar-refractivity contribution in [1.29, 1.82) is 0 Å². The number of hydroxylamine groups is 3. The highest BCUT2D eigenvalue weighted by Crippen LogP contribution is 2.44. The van der Waals surface area contributed by atoms with E-state index in [1.54, 1.807) is 0 Å². The van der Waals surface area contributed by atoms with Crippen molar-refractivity contribution in [3.63, 3.8) is 0 Å². The van der Waals surface area contributed by atoms with Crippen molar-refractivity contribution in [2.75, 3.05) is 0 Å². The van der Waals surface area contributed by atoms with Crippen molar-refractivity contribution < 1.29 is 33.4 Å². The molecule has 3 rings (SSSR count). The number of ether oxygens (including phenoxy) is 1. The second-order valence-corrected chi connectivity index (χ2v) is 5.26. The summed E-state index contributed by atoms with van der Waals surface area (Å²) in [6.45, 7) is 0.202. The monoisotopic (exact) mass is 307 g/mol. The molecule has 0 aromatic heterocycles. The SMILES string of the molecule is NOC(=O)CCC1C(=O)O[N+]2(Cc3ccccc3)C(=O)OC12. The lowest BCUT2D eigenvalue weighted by molar-refractivity contribution is -1.10. The molecule has 1 amide bonds. The van der Waals surface area contributed by atoms with Crippen LogP contribution in [0, 0.1) is 5.92 Å². The zero-order valence-corrected chi connectivity index (χ0v) is 11.6. The molecule has 22 heavy (non-hydrogen) atoms. The number of benzene rings is 1. The van der Waals surface area contributed by atoms with Crippen LogP contribution in [-0.4, -0.2) is 28.9 Å². The molecule has 2 N–H and O–H groups in total. The van der Waals surface area contributed by atoms with Gasteiger partial charge in [-0.15, -0.1) is 0 Å². The van der Waals surface area contributed by atoms with E-state index < -0.39 is 34.8 Å². The number of nitrogens with zero attached hydrogens (tertiary/aromatic N) is 1. The van der Waals surface area contributed by atoms with Gasteiger partial charge in [0.05, 0.1) is 0 Å². The molecule has 0 aliphatic carbocycles. The maximum Gasteiger partial charge on any atom is 0.567 e. The Labute approximate surface area is 125 Å². The van der Waals surface area contributed by atoms with Crippen LogP contribution >= 0.6 is 0 Å². The molecule has 0 saturated carbocycles. The molecule has 2 heterocycles. The second-order valence-electron chi connectivity index (χ2n) is 5.26. The molecular formula is C14H15N2O6+. The average molecular weight is 307 g/mol. The standard InChI is InChI=1S/C14H15N2O6/c15-21-11(17)7-6-10-12-16(14(19)20-12,22-13(10)18)8-9-4-2-1-3-5-9/h1-5,10,12H,6-8,15H2/q+1. The third-order valence-electron chi connectivity index (χ3n) is 3.89. The summed E-state index contributed by atoms with van der Waals surface area (Å²) in [6.07, 6.45) is -1.23. The summed E-state index contributed by atoms with van der Waals surface area (Å²) < 4.78 is 4.58. The number of quaternary nitrogens is 1. The van der Waals surface area contributed by atoms with Gasteiger partial charge in [-0.1, -0.05) is 30.3 Å². The van der Waals surface area contributed by atoms with Crippen molar-refractivity contribution in [1.82, 2.24) is 0 Å². The first-order valence-electron chi connectivity index (χ1n) is 6.82. The fraction of sp³-hybridized carbons (Fsp3) is 0.357. The summed E-state index contributed by atoms with van der Waals surface area (Å²) in [5.74, 6) is 2.88. The Kier molecular flexibility index (Phi) is 3.55. The van der Waals surface area contributed by atoms with Gasteiger partial charge in [-0.25, -0.2) is 4.79 Å². The fourth-order valence-electron chi connectivity index (χ4n) is 2.77. The minimum absolute atomic E-state index is 0.0460. The highest BCUT2D eigenvalue weighted by Gasteiger charge is 2.73. The van der Waals surface area contributed by atoms with Gasteiger partial charge in [-0.05, 0) is 6.42 Å². The normalized spacial score (nSPS) is 29.1. The quantitative estimate of drug-likeness (QED) is 0.632. The van der Waals surface area contributed by atoms with Crippen molar-refractivity contribution in [3.8, 4) is 0 Å². The molecule has 1 aromatic carbocycles.